The molecule has 0 saturated heterocycles. The lowest BCUT2D eigenvalue weighted by Crippen LogP contribution is -2.58. The van der Waals surface area contributed by atoms with Crippen LogP contribution in [-0.2, 0) is 5.41 Å². The number of hydrogen-bond acceptors (Lipinski definition) is 5. The summed E-state index contributed by atoms with van der Waals surface area (Å²) < 4.78 is 6.58. The Bertz CT molecular complexity index is 1330. The van der Waals surface area contributed by atoms with Crippen LogP contribution >= 0.6 is 0 Å². The van der Waals surface area contributed by atoms with Crippen molar-refractivity contribution in [2.24, 2.45) is 0 Å². The van der Waals surface area contributed by atoms with Crippen LogP contribution in [0, 0.1) is 10.1 Å². The summed E-state index contributed by atoms with van der Waals surface area (Å²) in [7, 11) is 1.86. The Morgan fingerprint density at radius 2 is 1.90 bits per heavy atom. The third-order valence-corrected chi connectivity index (χ3v) is 6.62. The molecule has 3 aromatic rings. The number of carboxylic acid groups (broad SMARTS) is 1. The molecule has 0 bridgehead atoms. The number of carbonyl (C=O) groups is 1. The first-order valence-electron chi connectivity index (χ1n) is 9.87. The molecule has 7 heteroatoms. The molecule has 0 radical (unpaired) electrons. The molecule has 2 heterocycles. The molecular weight excluding hydrogens is 396 g/mol. The van der Waals surface area contributed by atoms with Crippen molar-refractivity contribution < 1.29 is 19.6 Å². The first-order valence-corrected chi connectivity index (χ1v) is 9.87. The van der Waals surface area contributed by atoms with Crippen LogP contribution in [0.1, 0.15) is 35.3 Å². The van der Waals surface area contributed by atoms with Crippen molar-refractivity contribution in [3.8, 4) is 5.75 Å². The van der Waals surface area contributed by atoms with E-state index >= 15 is 0 Å². The normalized spacial score (nSPS) is 20.4. The van der Waals surface area contributed by atoms with Crippen molar-refractivity contribution in [1.29, 1.82) is 0 Å². The summed E-state index contributed by atoms with van der Waals surface area (Å²) in [6.07, 6.45) is 3.84. The van der Waals surface area contributed by atoms with Gasteiger partial charge in [-0.3, -0.25) is 10.1 Å². The molecule has 0 fully saturated rings. The molecule has 2 aliphatic heterocycles. The fourth-order valence-corrected chi connectivity index (χ4v) is 4.91. The number of nitro benzene ring substituents is 1. The van der Waals surface area contributed by atoms with Crippen molar-refractivity contribution >= 4 is 34.2 Å². The first kappa shape index (κ1) is 19.1. The molecular formula is C24H20N2O5. The van der Waals surface area contributed by atoms with E-state index < -0.39 is 22.0 Å². The lowest BCUT2D eigenvalue weighted by atomic mass is 9.76. The van der Waals surface area contributed by atoms with Crippen molar-refractivity contribution in [3.63, 3.8) is 0 Å². The molecule has 0 aliphatic carbocycles. The Kier molecular flexibility index (Phi) is 3.74. The second-order valence-corrected chi connectivity index (χ2v) is 8.47. The van der Waals surface area contributed by atoms with Crippen molar-refractivity contribution in [1.82, 2.24) is 0 Å². The molecule has 0 aromatic heterocycles. The van der Waals surface area contributed by atoms with Crippen LogP contribution in [-0.4, -0.2) is 28.8 Å². The third kappa shape index (κ3) is 2.37. The summed E-state index contributed by atoms with van der Waals surface area (Å²) in [5.41, 5.74) is 0.657. The lowest BCUT2D eigenvalue weighted by Gasteiger charge is -2.46. The molecule has 2 aliphatic rings. The maximum absolute atomic E-state index is 12.1. The van der Waals surface area contributed by atoms with Gasteiger partial charge >= 0.3 is 5.97 Å². The molecule has 3 aromatic carbocycles. The van der Waals surface area contributed by atoms with Gasteiger partial charge in [0.05, 0.1) is 10.3 Å². The van der Waals surface area contributed by atoms with Gasteiger partial charge in [0, 0.05) is 30.4 Å². The van der Waals surface area contributed by atoms with Crippen molar-refractivity contribution in [2.75, 3.05) is 11.9 Å². The fourth-order valence-electron chi connectivity index (χ4n) is 4.91. The van der Waals surface area contributed by atoms with E-state index in [1.165, 1.54) is 6.07 Å². The van der Waals surface area contributed by atoms with E-state index in [0.717, 1.165) is 22.0 Å². The van der Waals surface area contributed by atoms with Gasteiger partial charge in [-0.1, -0.05) is 24.3 Å². The van der Waals surface area contributed by atoms with Crippen LogP contribution in [0.5, 0.6) is 5.75 Å². The van der Waals surface area contributed by atoms with E-state index in [1.54, 1.807) is 18.2 Å². The van der Waals surface area contributed by atoms with Crippen molar-refractivity contribution in [3.05, 3.63) is 81.4 Å². The standard InChI is InChI=1S/C24H20N2O5/c1-23(2)19-13-15(26(29)30)8-9-20(19)25(3)24(23)11-10-17-16-7-5-4-6-14(16)12-18(22(27)28)21(17)31-24/h4-13H,1-3H3,(H,27,28). The van der Waals surface area contributed by atoms with E-state index in [2.05, 4.69) is 0 Å². The van der Waals surface area contributed by atoms with Gasteiger partial charge in [0.2, 0.25) is 5.72 Å². The number of rotatable bonds is 2. The minimum Gasteiger partial charge on any atom is -0.478 e. The molecule has 156 valence electrons. The second-order valence-electron chi connectivity index (χ2n) is 8.47. The molecule has 1 unspecified atom stereocenters. The van der Waals surface area contributed by atoms with E-state index in [-0.39, 0.29) is 11.3 Å². The molecule has 0 amide bonds. The highest BCUT2D eigenvalue weighted by molar-refractivity contribution is 6.03. The highest BCUT2D eigenvalue weighted by Crippen LogP contribution is 2.55. The quantitative estimate of drug-likeness (QED) is 0.468. The Morgan fingerprint density at radius 1 is 1.16 bits per heavy atom. The number of ether oxygens (including phenoxy) is 1. The topological polar surface area (TPSA) is 92.9 Å². The number of non-ortho nitro benzene ring substituents is 1. The van der Waals surface area contributed by atoms with Crippen LogP contribution < -0.4 is 9.64 Å². The van der Waals surface area contributed by atoms with Crippen LogP contribution in [0.2, 0.25) is 0 Å². The summed E-state index contributed by atoms with van der Waals surface area (Å²) in [6, 6.07) is 14.0. The maximum Gasteiger partial charge on any atom is 0.339 e. The minimum atomic E-state index is -1.07. The number of hydrogen-bond donors (Lipinski definition) is 1. The highest BCUT2D eigenvalue weighted by atomic mass is 16.6. The maximum atomic E-state index is 12.1. The average molecular weight is 416 g/mol. The highest BCUT2D eigenvalue weighted by Gasteiger charge is 2.58. The predicted octanol–water partition coefficient (Wildman–Crippen LogP) is 4.98. The van der Waals surface area contributed by atoms with Gasteiger partial charge in [-0.25, -0.2) is 4.79 Å². The van der Waals surface area contributed by atoms with E-state index in [4.69, 9.17) is 4.74 Å². The molecule has 1 N–H and O–H groups in total. The number of fused-ring (bicyclic) bond motifs is 4. The zero-order valence-electron chi connectivity index (χ0n) is 17.2. The van der Waals surface area contributed by atoms with Crippen LogP contribution in [0.3, 0.4) is 0 Å². The number of carboxylic acids is 1. The summed E-state index contributed by atoms with van der Waals surface area (Å²) in [5, 5.41) is 23.0. The van der Waals surface area contributed by atoms with Gasteiger partial charge in [0.25, 0.3) is 5.69 Å². The number of likely N-dealkylation sites (N-methyl/N-ethyl adjacent to an activating group) is 1. The third-order valence-electron chi connectivity index (χ3n) is 6.62. The van der Waals surface area contributed by atoms with Gasteiger partial charge in [-0.2, -0.15) is 0 Å². The number of nitro groups is 1. The lowest BCUT2D eigenvalue weighted by molar-refractivity contribution is -0.384. The second kappa shape index (κ2) is 6.07. The van der Waals surface area contributed by atoms with Gasteiger partial charge < -0.3 is 14.7 Å². The number of benzene rings is 3. The predicted molar refractivity (Wildman–Crippen MR) is 118 cm³/mol. The van der Waals surface area contributed by atoms with E-state index in [9.17, 15) is 20.0 Å². The molecule has 31 heavy (non-hydrogen) atoms. The van der Waals surface area contributed by atoms with Crippen LogP contribution in [0.15, 0.2) is 54.6 Å². The zero-order valence-corrected chi connectivity index (χ0v) is 17.2. The number of aromatic carboxylic acids is 1. The number of nitrogens with zero attached hydrogens (tertiary/aromatic N) is 2. The van der Waals surface area contributed by atoms with Gasteiger partial charge in [0.15, 0.2) is 0 Å². The van der Waals surface area contributed by atoms with E-state index in [0.29, 0.717) is 11.3 Å². The fraction of sp³-hybridized carbons (Fsp3) is 0.208. The Balaban J connectivity index is 1.75. The van der Waals surface area contributed by atoms with Crippen molar-refractivity contribution in [2.45, 2.75) is 25.0 Å². The average Bonchev–Trinajstić information content (AvgIpc) is 2.91. The molecule has 0 saturated carbocycles. The number of anilines is 1. The molecule has 7 nitrogen and oxygen atoms in total. The minimum absolute atomic E-state index is 0.00897. The summed E-state index contributed by atoms with van der Waals surface area (Å²) in [4.78, 5) is 25.0. The molecule has 1 atom stereocenters. The van der Waals surface area contributed by atoms with Crippen LogP contribution in [0.4, 0.5) is 11.4 Å². The van der Waals surface area contributed by atoms with Gasteiger partial charge in [-0.15, -0.1) is 0 Å². The zero-order chi connectivity index (χ0) is 22.1. The smallest absolute Gasteiger partial charge is 0.339 e. The Labute approximate surface area is 178 Å². The molecule has 5 rings (SSSR count). The Morgan fingerprint density at radius 3 is 2.61 bits per heavy atom. The summed E-state index contributed by atoms with van der Waals surface area (Å²) in [5.74, 6) is -0.769. The van der Waals surface area contributed by atoms with E-state index in [1.807, 2.05) is 62.2 Å². The Hall–Kier alpha value is -3.87. The SMILES string of the molecule is CN1c2ccc([N+](=O)[O-])cc2C(C)(C)C12C=Cc1c(c(C(=O)O)cc3ccccc13)O2. The van der Waals surface area contributed by atoms with Crippen LogP contribution in [0.25, 0.3) is 16.8 Å². The first-order chi connectivity index (χ1) is 14.7. The monoisotopic (exact) mass is 416 g/mol. The molecule has 1 spiro atoms. The van der Waals surface area contributed by atoms with Gasteiger partial charge in [0.1, 0.15) is 11.3 Å². The largest absolute Gasteiger partial charge is 0.478 e. The van der Waals surface area contributed by atoms with Gasteiger partial charge in [-0.05, 0) is 54.5 Å². The summed E-state index contributed by atoms with van der Waals surface area (Å²) >= 11 is 0. The summed E-state index contributed by atoms with van der Waals surface area (Å²) in [6.45, 7) is 3.91.